The molecule has 1 amide bonds. The molecule has 2 N–H and O–H groups in total. The molecule has 0 unspecified atom stereocenters. The van der Waals surface area contributed by atoms with Crippen LogP contribution in [0.3, 0.4) is 0 Å². The van der Waals surface area contributed by atoms with Gasteiger partial charge in [-0.05, 0) is 42.0 Å². The number of ether oxygens (including phenoxy) is 1. The van der Waals surface area contributed by atoms with E-state index in [9.17, 15) is 9.18 Å². The molecule has 0 saturated heterocycles. The first kappa shape index (κ1) is 19.1. The van der Waals surface area contributed by atoms with Gasteiger partial charge in [-0.3, -0.25) is 4.79 Å². The summed E-state index contributed by atoms with van der Waals surface area (Å²) < 4.78 is 18.7. The Balaban J connectivity index is 1.50. The zero-order valence-corrected chi connectivity index (χ0v) is 15.1. The Morgan fingerprint density at radius 1 is 0.964 bits per heavy atom. The summed E-state index contributed by atoms with van der Waals surface area (Å²) in [5, 5.41) is 6.87. The topological polar surface area (TPSA) is 62.7 Å². The van der Waals surface area contributed by atoms with Crippen molar-refractivity contribution in [2.24, 2.45) is 5.10 Å². The lowest BCUT2D eigenvalue weighted by Gasteiger charge is -2.09. The minimum atomic E-state index is -0.326. The van der Waals surface area contributed by atoms with Gasteiger partial charge < -0.3 is 10.1 Å². The lowest BCUT2D eigenvalue weighted by atomic mass is 10.2. The zero-order valence-electron chi connectivity index (χ0n) is 15.1. The maximum absolute atomic E-state index is 12.9. The van der Waals surface area contributed by atoms with E-state index in [1.807, 2.05) is 54.6 Å². The van der Waals surface area contributed by atoms with Crippen molar-refractivity contribution in [3.05, 3.63) is 95.8 Å². The Bertz CT molecular complexity index is 928. The number of nitrogens with one attached hydrogen (secondary N) is 2. The monoisotopic (exact) mass is 377 g/mol. The number of halogens is 1. The van der Waals surface area contributed by atoms with Crippen LogP contribution in [0.5, 0.6) is 5.75 Å². The number of benzene rings is 3. The maximum Gasteiger partial charge on any atom is 0.259 e. The first-order valence-electron chi connectivity index (χ1n) is 8.78. The van der Waals surface area contributed by atoms with Crippen molar-refractivity contribution in [3.63, 3.8) is 0 Å². The third-order valence-corrected chi connectivity index (χ3v) is 3.85. The van der Waals surface area contributed by atoms with E-state index in [1.54, 1.807) is 12.1 Å². The summed E-state index contributed by atoms with van der Waals surface area (Å²) in [6.07, 6.45) is 1.54. The Morgan fingerprint density at radius 2 is 1.68 bits per heavy atom. The molecule has 0 bridgehead atoms. The summed E-state index contributed by atoms with van der Waals surface area (Å²) in [7, 11) is 0. The molecule has 0 atom stereocenters. The van der Waals surface area contributed by atoms with Crippen LogP contribution in [0.2, 0.25) is 0 Å². The number of amides is 1. The zero-order chi connectivity index (χ0) is 19.6. The molecule has 3 rings (SSSR count). The van der Waals surface area contributed by atoms with Crippen LogP contribution in [0.25, 0.3) is 0 Å². The average Bonchev–Trinajstić information content (AvgIpc) is 2.73. The minimum absolute atomic E-state index is 0.0229. The number of carbonyl (C=O) groups excluding carboxylic acids is 1. The predicted octanol–water partition coefficient (Wildman–Crippen LogP) is 3.97. The number of hydrogen-bond acceptors (Lipinski definition) is 4. The van der Waals surface area contributed by atoms with Crippen molar-refractivity contribution in [1.82, 2.24) is 5.43 Å². The lowest BCUT2D eigenvalue weighted by molar-refractivity contribution is -0.119. The molecular weight excluding hydrogens is 357 g/mol. The van der Waals surface area contributed by atoms with E-state index < -0.39 is 0 Å². The summed E-state index contributed by atoms with van der Waals surface area (Å²) >= 11 is 0. The van der Waals surface area contributed by atoms with Gasteiger partial charge in [0.15, 0.2) is 0 Å². The fraction of sp³-hybridized carbons (Fsp3) is 0.0909. The molecule has 0 saturated carbocycles. The third-order valence-electron chi connectivity index (χ3n) is 3.85. The van der Waals surface area contributed by atoms with Crippen LogP contribution in [0.15, 0.2) is 84.0 Å². The molecule has 3 aromatic rings. The number of hydrogen-bond donors (Lipinski definition) is 2. The second kappa shape index (κ2) is 9.87. The van der Waals surface area contributed by atoms with Crippen molar-refractivity contribution in [1.29, 1.82) is 0 Å². The molecule has 6 heteroatoms. The summed E-state index contributed by atoms with van der Waals surface area (Å²) in [5.41, 5.74) is 4.92. The molecule has 0 aliphatic heterocycles. The number of rotatable bonds is 8. The van der Waals surface area contributed by atoms with Crippen molar-refractivity contribution in [3.8, 4) is 5.75 Å². The molecular formula is C22H20FN3O2. The molecule has 0 aliphatic carbocycles. The van der Waals surface area contributed by atoms with Gasteiger partial charge in [0, 0.05) is 11.3 Å². The van der Waals surface area contributed by atoms with Crippen molar-refractivity contribution < 1.29 is 13.9 Å². The molecule has 0 aromatic heterocycles. The Hall–Kier alpha value is -3.67. The Kier molecular flexibility index (Phi) is 6.73. The van der Waals surface area contributed by atoms with Crippen molar-refractivity contribution >= 4 is 17.8 Å². The molecule has 28 heavy (non-hydrogen) atoms. The molecule has 0 heterocycles. The number of anilines is 1. The van der Waals surface area contributed by atoms with Crippen LogP contribution in [-0.4, -0.2) is 18.7 Å². The van der Waals surface area contributed by atoms with Crippen LogP contribution in [0, 0.1) is 5.82 Å². The normalized spacial score (nSPS) is 10.6. The Morgan fingerprint density at radius 3 is 2.46 bits per heavy atom. The van der Waals surface area contributed by atoms with Crippen LogP contribution in [0.4, 0.5) is 10.1 Å². The highest BCUT2D eigenvalue weighted by Crippen LogP contribution is 2.17. The maximum atomic E-state index is 12.9. The van der Waals surface area contributed by atoms with Crippen LogP contribution in [-0.2, 0) is 11.4 Å². The quantitative estimate of drug-likeness (QED) is 0.461. The van der Waals surface area contributed by atoms with Gasteiger partial charge in [-0.25, -0.2) is 9.82 Å². The van der Waals surface area contributed by atoms with E-state index in [1.165, 1.54) is 18.3 Å². The first-order valence-corrected chi connectivity index (χ1v) is 8.78. The molecule has 0 aliphatic rings. The lowest BCUT2D eigenvalue weighted by Crippen LogP contribution is -2.25. The van der Waals surface area contributed by atoms with Gasteiger partial charge in [0.1, 0.15) is 18.2 Å². The molecule has 142 valence electrons. The third kappa shape index (κ3) is 5.95. The van der Waals surface area contributed by atoms with Gasteiger partial charge in [0.05, 0.1) is 12.8 Å². The average molecular weight is 377 g/mol. The van der Waals surface area contributed by atoms with Gasteiger partial charge in [-0.1, -0.05) is 42.5 Å². The van der Waals surface area contributed by atoms with Gasteiger partial charge >= 0.3 is 0 Å². The fourth-order valence-electron chi connectivity index (χ4n) is 2.42. The summed E-state index contributed by atoms with van der Waals surface area (Å²) in [5.74, 6) is 0.0322. The number of hydrazone groups is 1. The highest BCUT2D eigenvalue weighted by atomic mass is 19.1. The van der Waals surface area contributed by atoms with Crippen molar-refractivity contribution in [2.45, 2.75) is 6.61 Å². The highest BCUT2D eigenvalue weighted by Gasteiger charge is 2.03. The number of para-hydroxylation sites is 1. The van der Waals surface area contributed by atoms with Crippen LogP contribution < -0.4 is 15.5 Å². The summed E-state index contributed by atoms with van der Waals surface area (Å²) in [4.78, 5) is 11.9. The van der Waals surface area contributed by atoms with Crippen molar-refractivity contribution in [2.75, 3.05) is 11.9 Å². The molecule has 0 fully saturated rings. The molecule has 3 aromatic carbocycles. The van der Waals surface area contributed by atoms with Crippen LogP contribution >= 0.6 is 0 Å². The second-order valence-corrected chi connectivity index (χ2v) is 5.97. The number of carbonyl (C=O) groups is 1. The largest absolute Gasteiger partial charge is 0.488 e. The van der Waals surface area contributed by atoms with Gasteiger partial charge in [-0.15, -0.1) is 0 Å². The van der Waals surface area contributed by atoms with E-state index in [2.05, 4.69) is 15.8 Å². The number of nitrogens with zero attached hydrogens (tertiary/aromatic N) is 1. The predicted molar refractivity (Wildman–Crippen MR) is 108 cm³/mol. The van der Waals surface area contributed by atoms with E-state index in [-0.39, 0.29) is 18.3 Å². The summed E-state index contributed by atoms with van der Waals surface area (Å²) in [6, 6.07) is 23.1. The molecule has 5 nitrogen and oxygen atoms in total. The second-order valence-electron chi connectivity index (χ2n) is 5.97. The van der Waals surface area contributed by atoms with E-state index in [4.69, 9.17) is 4.74 Å². The molecule has 0 spiro atoms. The van der Waals surface area contributed by atoms with Gasteiger partial charge in [0.25, 0.3) is 5.91 Å². The first-order chi connectivity index (χ1) is 13.7. The van der Waals surface area contributed by atoms with E-state index in [0.29, 0.717) is 18.0 Å². The van der Waals surface area contributed by atoms with E-state index in [0.717, 1.165) is 11.1 Å². The van der Waals surface area contributed by atoms with E-state index >= 15 is 0 Å². The van der Waals surface area contributed by atoms with Gasteiger partial charge in [0.2, 0.25) is 0 Å². The highest BCUT2D eigenvalue weighted by molar-refractivity contribution is 5.86. The SMILES string of the molecule is O=C(CNc1ccc(F)cc1)N/N=C/c1ccccc1OCc1ccccc1. The molecule has 0 radical (unpaired) electrons. The fourth-order valence-corrected chi connectivity index (χ4v) is 2.42. The smallest absolute Gasteiger partial charge is 0.259 e. The Labute approximate surface area is 162 Å². The van der Waals surface area contributed by atoms with Crippen LogP contribution in [0.1, 0.15) is 11.1 Å². The van der Waals surface area contributed by atoms with Gasteiger partial charge in [-0.2, -0.15) is 5.10 Å². The minimum Gasteiger partial charge on any atom is -0.488 e. The standard InChI is InChI=1S/C22H20FN3O2/c23-19-10-12-20(13-11-19)24-15-22(27)26-25-14-18-8-4-5-9-21(18)28-16-17-6-2-1-3-7-17/h1-14,24H,15-16H2,(H,26,27)/b25-14+. The summed E-state index contributed by atoms with van der Waals surface area (Å²) in [6.45, 7) is 0.467.